The van der Waals surface area contributed by atoms with Crippen LogP contribution in [0.25, 0.3) is 0 Å². The standard InChI is InChI=1S/C17H22N4O4/c1-10(2)12-7-13(21-20-12)17(23)19-8-11-4-5-14(15(6-11)24-3)25-9-16(18)22/h4-7,10H,8-9H2,1-3H3,(H2,18,22)(H,19,23)(H,20,21). The molecule has 8 heteroatoms. The van der Waals surface area contributed by atoms with E-state index in [0.717, 1.165) is 11.3 Å². The number of carbonyl (C=O) groups is 2. The Morgan fingerprint density at radius 3 is 2.64 bits per heavy atom. The van der Waals surface area contributed by atoms with Crippen LogP contribution in [0, 0.1) is 0 Å². The molecule has 0 spiro atoms. The van der Waals surface area contributed by atoms with Gasteiger partial charge < -0.3 is 20.5 Å². The zero-order valence-corrected chi connectivity index (χ0v) is 14.5. The maximum atomic E-state index is 12.2. The molecule has 0 atom stereocenters. The van der Waals surface area contributed by atoms with E-state index in [2.05, 4.69) is 15.5 Å². The van der Waals surface area contributed by atoms with Gasteiger partial charge in [0, 0.05) is 12.2 Å². The van der Waals surface area contributed by atoms with Crippen LogP contribution in [0.2, 0.25) is 0 Å². The number of nitrogens with two attached hydrogens (primary N) is 1. The normalized spacial score (nSPS) is 10.6. The van der Waals surface area contributed by atoms with Crippen molar-refractivity contribution in [2.75, 3.05) is 13.7 Å². The maximum Gasteiger partial charge on any atom is 0.272 e. The van der Waals surface area contributed by atoms with Crippen molar-refractivity contribution >= 4 is 11.8 Å². The minimum atomic E-state index is -0.571. The number of ether oxygens (including phenoxy) is 2. The molecule has 2 rings (SSSR count). The lowest BCUT2D eigenvalue weighted by Crippen LogP contribution is -2.23. The summed E-state index contributed by atoms with van der Waals surface area (Å²) in [6.45, 7) is 4.10. The molecule has 0 unspecified atom stereocenters. The number of hydrogen-bond acceptors (Lipinski definition) is 5. The Bertz CT molecular complexity index is 755. The second kappa shape index (κ2) is 8.18. The molecule has 0 aliphatic carbocycles. The van der Waals surface area contributed by atoms with Gasteiger partial charge in [0.25, 0.3) is 11.8 Å². The van der Waals surface area contributed by atoms with Crippen molar-refractivity contribution in [1.29, 1.82) is 0 Å². The molecule has 4 N–H and O–H groups in total. The number of hydrogen-bond donors (Lipinski definition) is 3. The van der Waals surface area contributed by atoms with Crippen LogP contribution < -0.4 is 20.5 Å². The number of nitrogens with zero attached hydrogens (tertiary/aromatic N) is 1. The molecule has 0 aliphatic heterocycles. The van der Waals surface area contributed by atoms with Crippen molar-refractivity contribution in [3.8, 4) is 11.5 Å². The molecule has 134 valence electrons. The molecule has 1 aromatic heterocycles. The number of aromatic nitrogens is 2. The number of carbonyl (C=O) groups excluding carboxylic acids is 2. The average molecular weight is 346 g/mol. The quantitative estimate of drug-likeness (QED) is 0.666. The van der Waals surface area contributed by atoms with Crippen molar-refractivity contribution in [3.63, 3.8) is 0 Å². The number of amides is 2. The van der Waals surface area contributed by atoms with Crippen molar-refractivity contribution in [2.24, 2.45) is 5.73 Å². The summed E-state index contributed by atoms with van der Waals surface area (Å²) in [7, 11) is 1.49. The minimum absolute atomic E-state index is 0.232. The molecule has 0 aliphatic rings. The first-order chi connectivity index (χ1) is 11.9. The minimum Gasteiger partial charge on any atom is -0.493 e. The lowest BCUT2D eigenvalue weighted by atomic mass is 10.1. The van der Waals surface area contributed by atoms with Crippen molar-refractivity contribution in [2.45, 2.75) is 26.3 Å². The van der Waals surface area contributed by atoms with E-state index in [0.29, 0.717) is 23.7 Å². The zero-order valence-electron chi connectivity index (χ0n) is 14.5. The molecule has 8 nitrogen and oxygen atoms in total. The molecule has 0 radical (unpaired) electrons. The number of rotatable bonds is 8. The lowest BCUT2D eigenvalue weighted by Gasteiger charge is -2.11. The van der Waals surface area contributed by atoms with E-state index in [1.165, 1.54) is 7.11 Å². The van der Waals surface area contributed by atoms with Crippen molar-refractivity contribution < 1.29 is 19.1 Å². The van der Waals surface area contributed by atoms with Gasteiger partial charge in [-0.1, -0.05) is 19.9 Å². The Kier molecular flexibility index (Phi) is 5.99. The summed E-state index contributed by atoms with van der Waals surface area (Å²) in [6, 6.07) is 6.89. The van der Waals surface area contributed by atoms with Gasteiger partial charge in [-0.3, -0.25) is 14.7 Å². The molecule has 0 saturated heterocycles. The second-order valence-electron chi connectivity index (χ2n) is 5.79. The summed E-state index contributed by atoms with van der Waals surface area (Å²) in [5.74, 6) is 0.292. The molecular weight excluding hydrogens is 324 g/mol. The molecule has 25 heavy (non-hydrogen) atoms. The summed E-state index contributed by atoms with van der Waals surface area (Å²) >= 11 is 0. The molecule has 0 fully saturated rings. The van der Waals surface area contributed by atoms with E-state index < -0.39 is 5.91 Å². The Hall–Kier alpha value is -3.03. The van der Waals surface area contributed by atoms with Crippen LogP contribution in [0.1, 0.15) is 41.5 Å². The number of H-pyrrole nitrogens is 1. The Labute approximate surface area is 145 Å². The summed E-state index contributed by atoms with van der Waals surface area (Å²) in [4.78, 5) is 22.9. The van der Waals surface area contributed by atoms with E-state index in [-0.39, 0.29) is 18.4 Å². The third-order valence-corrected chi connectivity index (χ3v) is 3.50. The van der Waals surface area contributed by atoms with Crippen LogP contribution in [0.4, 0.5) is 0 Å². The first kappa shape index (κ1) is 18.3. The van der Waals surface area contributed by atoms with Gasteiger partial charge in [0.2, 0.25) is 0 Å². The highest BCUT2D eigenvalue weighted by Gasteiger charge is 2.13. The molecular formula is C17H22N4O4. The summed E-state index contributed by atoms with van der Waals surface area (Å²) in [5, 5.41) is 9.66. The number of primary amides is 1. The van der Waals surface area contributed by atoms with E-state index in [4.69, 9.17) is 15.2 Å². The third kappa shape index (κ3) is 4.97. The van der Waals surface area contributed by atoms with Gasteiger partial charge >= 0.3 is 0 Å². The first-order valence-electron chi connectivity index (χ1n) is 7.82. The van der Waals surface area contributed by atoms with Gasteiger partial charge in [-0.25, -0.2) is 0 Å². The highest BCUT2D eigenvalue weighted by molar-refractivity contribution is 5.92. The van der Waals surface area contributed by atoms with Crippen LogP contribution in [0.3, 0.4) is 0 Å². The van der Waals surface area contributed by atoms with Crippen LogP contribution in [0.5, 0.6) is 11.5 Å². The van der Waals surface area contributed by atoms with Gasteiger partial charge in [-0.2, -0.15) is 5.10 Å². The zero-order chi connectivity index (χ0) is 18.4. The van der Waals surface area contributed by atoms with Gasteiger partial charge in [0.15, 0.2) is 18.1 Å². The fourth-order valence-electron chi connectivity index (χ4n) is 2.11. The Morgan fingerprint density at radius 2 is 2.04 bits per heavy atom. The lowest BCUT2D eigenvalue weighted by molar-refractivity contribution is -0.119. The highest BCUT2D eigenvalue weighted by atomic mass is 16.5. The summed E-state index contributed by atoms with van der Waals surface area (Å²) in [6.07, 6.45) is 0. The van der Waals surface area contributed by atoms with Crippen molar-refractivity contribution in [3.05, 3.63) is 41.2 Å². The number of aromatic amines is 1. The monoisotopic (exact) mass is 346 g/mol. The average Bonchev–Trinajstić information content (AvgIpc) is 3.08. The van der Waals surface area contributed by atoms with E-state index >= 15 is 0 Å². The van der Waals surface area contributed by atoms with E-state index in [9.17, 15) is 9.59 Å². The molecule has 0 bridgehead atoms. The maximum absolute atomic E-state index is 12.2. The van der Waals surface area contributed by atoms with Crippen LogP contribution in [-0.2, 0) is 11.3 Å². The van der Waals surface area contributed by atoms with Gasteiger partial charge in [0.05, 0.1) is 7.11 Å². The highest BCUT2D eigenvalue weighted by Crippen LogP contribution is 2.28. The molecule has 2 aromatic rings. The van der Waals surface area contributed by atoms with Crippen LogP contribution in [-0.4, -0.2) is 35.7 Å². The van der Waals surface area contributed by atoms with Gasteiger partial charge in [0.1, 0.15) is 5.69 Å². The molecule has 2 amide bonds. The fourth-order valence-corrected chi connectivity index (χ4v) is 2.11. The third-order valence-electron chi connectivity index (χ3n) is 3.50. The van der Waals surface area contributed by atoms with Crippen molar-refractivity contribution in [1.82, 2.24) is 15.5 Å². The first-order valence-corrected chi connectivity index (χ1v) is 7.82. The molecule has 0 saturated carbocycles. The summed E-state index contributed by atoms with van der Waals surface area (Å²) in [5.41, 5.74) is 7.12. The number of methoxy groups -OCH3 is 1. The smallest absolute Gasteiger partial charge is 0.272 e. The summed E-state index contributed by atoms with van der Waals surface area (Å²) < 4.78 is 10.5. The fraction of sp³-hybridized carbons (Fsp3) is 0.353. The molecule has 1 heterocycles. The second-order valence-corrected chi connectivity index (χ2v) is 5.79. The van der Waals surface area contributed by atoms with E-state index in [1.54, 1.807) is 24.3 Å². The number of benzene rings is 1. The van der Waals surface area contributed by atoms with Crippen LogP contribution in [0.15, 0.2) is 24.3 Å². The molecule has 1 aromatic carbocycles. The topological polar surface area (TPSA) is 119 Å². The SMILES string of the molecule is COc1cc(CNC(=O)c2cc(C(C)C)[nH]n2)ccc1OCC(N)=O. The number of nitrogens with one attached hydrogen (secondary N) is 2. The predicted octanol–water partition coefficient (Wildman–Crippen LogP) is 1.34. The van der Waals surface area contributed by atoms with Crippen LogP contribution >= 0.6 is 0 Å². The Morgan fingerprint density at radius 1 is 1.28 bits per heavy atom. The predicted molar refractivity (Wildman–Crippen MR) is 91.5 cm³/mol. The van der Waals surface area contributed by atoms with E-state index in [1.807, 2.05) is 13.8 Å². The van der Waals surface area contributed by atoms with Gasteiger partial charge in [-0.05, 0) is 29.7 Å². The Balaban J connectivity index is 1.99. The largest absolute Gasteiger partial charge is 0.493 e. The van der Waals surface area contributed by atoms with Gasteiger partial charge in [-0.15, -0.1) is 0 Å².